The first-order valence-corrected chi connectivity index (χ1v) is 7.99. The maximum atomic E-state index is 12.1. The van der Waals surface area contributed by atoms with E-state index in [4.69, 9.17) is 11.6 Å². The lowest BCUT2D eigenvalue weighted by atomic mass is 10.2. The summed E-state index contributed by atoms with van der Waals surface area (Å²) in [6.07, 6.45) is 2.94. The lowest BCUT2D eigenvalue weighted by Gasteiger charge is -2.07. The van der Waals surface area contributed by atoms with Crippen LogP contribution in [0.5, 0.6) is 0 Å². The first-order chi connectivity index (χ1) is 9.08. The second-order valence-electron chi connectivity index (χ2n) is 3.79. The Kier molecular flexibility index (Phi) is 2.96. The lowest BCUT2D eigenvalue weighted by Crippen LogP contribution is -2.11. The fourth-order valence-corrected chi connectivity index (χ4v) is 3.82. The quantitative estimate of drug-likeness (QED) is 0.780. The predicted octanol–water partition coefficient (Wildman–Crippen LogP) is 3.08. The molecule has 0 bridgehead atoms. The van der Waals surface area contributed by atoms with Gasteiger partial charge in [0.15, 0.2) is 4.21 Å². The van der Waals surface area contributed by atoms with E-state index in [0.717, 1.165) is 16.7 Å². The van der Waals surface area contributed by atoms with Gasteiger partial charge in [-0.25, -0.2) is 8.42 Å². The number of nitrogens with zero attached hydrogens (tertiary/aromatic N) is 1. The third-order valence-electron chi connectivity index (χ3n) is 2.58. The molecule has 1 aromatic carbocycles. The van der Waals surface area contributed by atoms with Crippen LogP contribution in [0.4, 0.5) is 5.69 Å². The molecule has 2 aromatic heterocycles. The van der Waals surface area contributed by atoms with Gasteiger partial charge in [0.1, 0.15) is 0 Å². The highest BCUT2D eigenvalue weighted by Crippen LogP contribution is 2.30. The first-order valence-electron chi connectivity index (χ1n) is 5.25. The number of fused-ring (bicyclic) bond motifs is 1. The molecule has 0 fully saturated rings. The molecule has 0 radical (unpaired) electrons. The van der Waals surface area contributed by atoms with Crippen LogP contribution in [-0.2, 0) is 10.0 Å². The topological polar surface area (TPSA) is 74.8 Å². The van der Waals surface area contributed by atoms with E-state index in [-0.39, 0.29) is 4.21 Å². The third-order valence-corrected chi connectivity index (χ3v) is 5.53. The number of thiazole rings is 1. The summed E-state index contributed by atoms with van der Waals surface area (Å²) < 4.78 is 26.9. The summed E-state index contributed by atoms with van der Waals surface area (Å²) in [4.78, 5) is 6.72. The molecule has 5 nitrogen and oxygen atoms in total. The largest absolute Gasteiger partial charge is 0.358 e. The van der Waals surface area contributed by atoms with E-state index in [1.807, 2.05) is 6.07 Å². The number of halogens is 1. The standard InChI is InChI=1S/C11H8ClN3O2S2/c12-8-4-14-11-7(8)2-1-3-9(11)15-19(16,17)10-5-13-6-18-10/h1-6,14-15H. The molecule has 98 valence electrons. The van der Waals surface area contributed by atoms with Gasteiger partial charge in [0.2, 0.25) is 0 Å². The highest BCUT2D eigenvalue weighted by Gasteiger charge is 2.17. The number of anilines is 1. The Hall–Kier alpha value is -1.57. The van der Waals surface area contributed by atoms with Gasteiger partial charge >= 0.3 is 0 Å². The number of rotatable bonds is 3. The van der Waals surface area contributed by atoms with Crippen molar-refractivity contribution in [3.8, 4) is 0 Å². The highest BCUT2D eigenvalue weighted by atomic mass is 35.5. The second kappa shape index (κ2) is 4.52. The summed E-state index contributed by atoms with van der Waals surface area (Å²) in [6.45, 7) is 0. The fourth-order valence-electron chi connectivity index (χ4n) is 1.74. The maximum absolute atomic E-state index is 12.1. The lowest BCUT2D eigenvalue weighted by molar-refractivity contribution is 0.603. The minimum atomic E-state index is -3.61. The Labute approximate surface area is 118 Å². The van der Waals surface area contributed by atoms with Crippen LogP contribution in [0.25, 0.3) is 10.9 Å². The van der Waals surface area contributed by atoms with E-state index < -0.39 is 10.0 Å². The van der Waals surface area contributed by atoms with Gasteiger partial charge in [0.25, 0.3) is 10.0 Å². The van der Waals surface area contributed by atoms with E-state index in [0.29, 0.717) is 16.2 Å². The van der Waals surface area contributed by atoms with Crippen molar-refractivity contribution in [3.63, 3.8) is 0 Å². The normalized spacial score (nSPS) is 11.8. The van der Waals surface area contributed by atoms with Crippen molar-refractivity contribution in [2.24, 2.45) is 0 Å². The minimum absolute atomic E-state index is 0.169. The Bertz CT molecular complexity index is 825. The van der Waals surface area contributed by atoms with Crippen molar-refractivity contribution in [3.05, 3.63) is 41.1 Å². The number of aromatic nitrogens is 2. The molecule has 0 saturated heterocycles. The number of benzene rings is 1. The molecule has 0 saturated carbocycles. The molecular weight excluding hydrogens is 306 g/mol. The van der Waals surface area contributed by atoms with Crippen molar-refractivity contribution >= 4 is 49.6 Å². The second-order valence-corrected chi connectivity index (χ2v) is 6.99. The van der Waals surface area contributed by atoms with Crippen LogP contribution in [-0.4, -0.2) is 18.4 Å². The van der Waals surface area contributed by atoms with E-state index >= 15 is 0 Å². The molecule has 8 heteroatoms. The molecule has 0 amide bonds. The molecule has 0 atom stereocenters. The van der Waals surface area contributed by atoms with Crippen molar-refractivity contribution in [1.82, 2.24) is 9.97 Å². The van der Waals surface area contributed by atoms with Crippen molar-refractivity contribution < 1.29 is 8.42 Å². The van der Waals surface area contributed by atoms with Crippen molar-refractivity contribution in [2.45, 2.75) is 4.21 Å². The molecule has 0 aliphatic heterocycles. The Morgan fingerprint density at radius 2 is 2.21 bits per heavy atom. The van der Waals surface area contributed by atoms with Gasteiger partial charge in [-0.2, -0.15) is 0 Å². The van der Waals surface area contributed by atoms with Gasteiger partial charge in [0.05, 0.1) is 27.9 Å². The summed E-state index contributed by atoms with van der Waals surface area (Å²) >= 11 is 7.06. The van der Waals surface area contributed by atoms with Crippen LogP contribution in [0.15, 0.2) is 40.3 Å². The van der Waals surface area contributed by atoms with Crippen LogP contribution in [0.1, 0.15) is 0 Å². The molecular formula is C11H8ClN3O2S2. The zero-order valence-corrected chi connectivity index (χ0v) is 11.8. The number of para-hydroxylation sites is 1. The van der Waals surface area contributed by atoms with Crippen molar-refractivity contribution in [2.75, 3.05) is 4.72 Å². The van der Waals surface area contributed by atoms with Gasteiger partial charge < -0.3 is 4.98 Å². The number of hydrogen-bond acceptors (Lipinski definition) is 4. The van der Waals surface area contributed by atoms with E-state index in [1.54, 1.807) is 18.3 Å². The summed E-state index contributed by atoms with van der Waals surface area (Å²) in [5.41, 5.74) is 2.58. The number of hydrogen-bond donors (Lipinski definition) is 2. The Morgan fingerprint density at radius 1 is 1.37 bits per heavy atom. The van der Waals surface area contributed by atoms with E-state index in [1.165, 1.54) is 11.7 Å². The van der Waals surface area contributed by atoms with Gasteiger partial charge in [-0.15, -0.1) is 11.3 Å². The summed E-state index contributed by atoms with van der Waals surface area (Å²) in [5.74, 6) is 0. The van der Waals surface area contributed by atoms with Crippen molar-refractivity contribution in [1.29, 1.82) is 0 Å². The maximum Gasteiger partial charge on any atom is 0.273 e. The Morgan fingerprint density at radius 3 is 2.95 bits per heavy atom. The highest BCUT2D eigenvalue weighted by molar-refractivity contribution is 7.94. The molecule has 2 heterocycles. The predicted molar refractivity (Wildman–Crippen MR) is 76.2 cm³/mol. The van der Waals surface area contributed by atoms with E-state index in [9.17, 15) is 8.42 Å². The average Bonchev–Trinajstić information content (AvgIpc) is 3.00. The van der Waals surface area contributed by atoms with Crippen LogP contribution in [0.3, 0.4) is 0 Å². The number of sulfonamides is 1. The third kappa shape index (κ3) is 2.20. The van der Waals surface area contributed by atoms with E-state index in [2.05, 4.69) is 14.7 Å². The van der Waals surface area contributed by atoms with Gasteiger partial charge in [-0.1, -0.05) is 23.7 Å². The fraction of sp³-hybridized carbons (Fsp3) is 0. The van der Waals surface area contributed by atoms with Crippen LogP contribution in [0, 0.1) is 0 Å². The molecule has 0 spiro atoms. The molecule has 3 aromatic rings. The summed E-state index contributed by atoms with van der Waals surface area (Å²) in [7, 11) is -3.61. The minimum Gasteiger partial charge on any atom is -0.358 e. The van der Waals surface area contributed by atoms with Gasteiger partial charge in [-0.05, 0) is 6.07 Å². The monoisotopic (exact) mass is 313 g/mol. The van der Waals surface area contributed by atoms with Crippen LogP contribution >= 0.6 is 22.9 Å². The number of H-pyrrole nitrogens is 1. The molecule has 2 N–H and O–H groups in total. The molecule has 0 aliphatic rings. The molecule has 19 heavy (non-hydrogen) atoms. The number of aromatic amines is 1. The zero-order chi connectivity index (χ0) is 13.5. The average molecular weight is 314 g/mol. The summed E-state index contributed by atoms with van der Waals surface area (Å²) in [6, 6.07) is 5.24. The smallest absolute Gasteiger partial charge is 0.273 e. The first kappa shape index (κ1) is 12.5. The van der Waals surface area contributed by atoms with Gasteiger partial charge in [0, 0.05) is 11.6 Å². The molecule has 0 aliphatic carbocycles. The Balaban J connectivity index is 2.07. The van der Waals surface area contributed by atoms with Gasteiger partial charge in [-0.3, -0.25) is 9.71 Å². The summed E-state index contributed by atoms with van der Waals surface area (Å²) in [5, 5.41) is 1.32. The number of nitrogens with one attached hydrogen (secondary N) is 2. The molecule has 3 rings (SSSR count). The molecule has 0 unspecified atom stereocenters. The SMILES string of the molecule is O=S(=O)(Nc1cccc2c(Cl)c[nH]c12)c1cncs1. The zero-order valence-electron chi connectivity index (χ0n) is 9.42. The van der Waals surface area contributed by atoms with Crippen LogP contribution < -0.4 is 4.72 Å². The van der Waals surface area contributed by atoms with Crippen LogP contribution in [0.2, 0.25) is 5.02 Å².